The van der Waals surface area contributed by atoms with Gasteiger partial charge in [0.05, 0.1) is 5.56 Å². The van der Waals surface area contributed by atoms with Crippen molar-refractivity contribution in [2.24, 2.45) is 0 Å². The fourth-order valence-corrected chi connectivity index (χ4v) is 3.09. The molecule has 1 aliphatic rings. The van der Waals surface area contributed by atoms with Crippen molar-refractivity contribution < 1.29 is 14.0 Å². The smallest absolute Gasteiger partial charge is 0.256 e. The highest BCUT2D eigenvalue weighted by Crippen LogP contribution is 2.20. The largest absolute Gasteiger partial charge is 0.357 e. The van der Waals surface area contributed by atoms with Gasteiger partial charge < -0.3 is 10.2 Å². The van der Waals surface area contributed by atoms with Gasteiger partial charge in [-0.2, -0.15) is 0 Å². The van der Waals surface area contributed by atoms with Crippen LogP contribution in [0.1, 0.15) is 27.1 Å². The van der Waals surface area contributed by atoms with Crippen LogP contribution in [0.3, 0.4) is 0 Å². The van der Waals surface area contributed by atoms with E-state index in [-0.39, 0.29) is 17.5 Å². The number of halogens is 1. The average Bonchev–Trinajstić information content (AvgIpc) is 3.19. The number of likely N-dealkylation sites (tertiary alicyclic amines) is 1. The lowest BCUT2D eigenvalue weighted by Gasteiger charge is -2.17. The third-order valence-corrected chi connectivity index (χ3v) is 4.30. The van der Waals surface area contributed by atoms with Crippen molar-refractivity contribution in [3.05, 3.63) is 46.7 Å². The van der Waals surface area contributed by atoms with E-state index in [2.05, 4.69) is 10.3 Å². The van der Waals surface area contributed by atoms with E-state index < -0.39 is 5.82 Å². The van der Waals surface area contributed by atoms with Crippen molar-refractivity contribution in [3.63, 3.8) is 0 Å². The summed E-state index contributed by atoms with van der Waals surface area (Å²) in [5, 5.41) is 5.95. The molecule has 1 fully saturated rings. The van der Waals surface area contributed by atoms with Gasteiger partial charge >= 0.3 is 0 Å². The van der Waals surface area contributed by atoms with Gasteiger partial charge in [0.25, 0.3) is 5.91 Å². The summed E-state index contributed by atoms with van der Waals surface area (Å²) >= 11 is 1.50. The second kappa shape index (κ2) is 6.23. The summed E-state index contributed by atoms with van der Waals surface area (Å²) in [5.41, 5.74) is 0.237. The topological polar surface area (TPSA) is 62.3 Å². The highest BCUT2D eigenvalue weighted by molar-refractivity contribution is 7.13. The number of nitrogens with zero attached hydrogens (tertiary/aromatic N) is 2. The van der Waals surface area contributed by atoms with E-state index in [9.17, 15) is 14.0 Å². The Morgan fingerprint density at radius 2 is 2.36 bits per heavy atom. The summed E-state index contributed by atoms with van der Waals surface area (Å²) < 4.78 is 13.8. The zero-order valence-corrected chi connectivity index (χ0v) is 12.5. The number of amides is 1. The van der Waals surface area contributed by atoms with Crippen LogP contribution in [0.2, 0.25) is 0 Å². The minimum Gasteiger partial charge on any atom is -0.357 e. The molecule has 5 nitrogen and oxygen atoms in total. The third kappa shape index (κ3) is 2.99. The number of hydrogen-bond donors (Lipinski definition) is 1. The summed E-state index contributed by atoms with van der Waals surface area (Å²) in [4.78, 5) is 28.9. The normalized spacial score (nSPS) is 17.5. The number of aromatic nitrogens is 1. The molecular weight excluding hydrogens is 305 g/mol. The number of anilines is 1. The monoisotopic (exact) mass is 319 g/mol. The Bertz CT molecular complexity index is 690. The molecule has 0 spiro atoms. The lowest BCUT2D eigenvalue weighted by Crippen LogP contribution is -2.32. The third-order valence-electron chi connectivity index (χ3n) is 3.59. The molecule has 7 heteroatoms. The van der Waals surface area contributed by atoms with E-state index in [1.165, 1.54) is 23.5 Å². The van der Waals surface area contributed by atoms with Crippen LogP contribution >= 0.6 is 11.3 Å². The molecule has 0 bridgehead atoms. The molecule has 1 amide bonds. The van der Waals surface area contributed by atoms with Gasteiger partial charge in [-0.05, 0) is 24.6 Å². The van der Waals surface area contributed by atoms with Crippen LogP contribution in [0, 0.1) is 5.82 Å². The number of rotatable bonds is 4. The molecule has 0 aliphatic carbocycles. The standard InChI is InChI=1S/C15H14FN3O2S/c16-13-2-1-10(9-20)7-12(13)14(21)19-5-3-11(8-19)18-15-17-4-6-22-15/h1-2,4,6-7,9,11H,3,5,8H2,(H,17,18)/t11-/m1/s1. The van der Waals surface area contributed by atoms with Crippen molar-refractivity contribution >= 4 is 28.7 Å². The molecule has 1 N–H and O–H groups in total. The fourth-order valence-electron chi connectivity index (χ4n) is 2.48. The van der Waals surface area contributed by atoms with Crippen LogP contribution < -0.4 is 5.32 Å². The molecule has 1 aliphatic heterocycles. The Morgan fingerprint density at radius 3 is 3.09 bits per heavy atom. The van der Waals surface area contributed by atoms with E-state index in [0.29, 0.717) is 24.9 Å². The molecule has 22 heavy (non-hydrogen) atoms. The van der Waals surface area contributed by atoms with Gasteiger partial charge in [-0.3, -0.25) is 9.59 Å². The van der Waals surface area contributed by atoms with Crippen molar-refractivity contribution in [2.45, 2.75) is 12.5 Å². The van der Waals surface area contributed by atoms with Gasteiger partial charge in [0.15, 0.2) is 5.13 Å². The Balaban J connectivity index is 1.70. The van der Waals surface area contributed by atoms with Crippen LogP contribution in [0.5, 0.6) is 0 Å². The maximum absolute atomic E-state index is 13.8. The summed E-state index contributed by atoms with van der Waals surface area (Å²) in [7, 11) is 0. The zero-order chi connectivity index (χ0) is 15.5. The highest BCUT2D eigenvalue weighted by Gasteiger charge is 2.28. The maximum Gasteiger partial charge on any atom is 0.256 e. The molecule has 114 valence electrons. The van der Waals surface area contributed by atoms with Gasteiger partial charge in [-0.1, -0.05) is 0 Å². The van der Waals surface area contributed by atoms with Crippen LogP contribution in [0.4, 0.5) is 9.52 Å². The molecule has 2 aromatic rings. The SMILES string of the molecule is O=Cc1ccc(F)c(C(=O)N2CC[C@@H](Nc3nccs3)C2)c1. The van der Waals surface area contributed by atoms with Gasteiger partial charge in [-0.25, -0.2) is 9.37 Å². The summed E-state index contributed by atoms with van der Waals surface area (Å²) in [6.45, 7) is 1.04. The molecule has 2 heterocycles. The Morgan fingerprint density at radius 1 is 1.50 bits per heavy atom. The average molecular weight is 319 g/mol. The van der Waals surface area contributed by atoms with Crippen LogP contribution in [-0.2, 0) is 0 Å². The van der Waals surface area contributed by atoms with E-state index in [1.807, 2.05) is 5.38 Å². The minimum atomic E-state index is -0.605. The van der Waals surface area contributed by atoms with Gasteiger partial charge in [0.1, 0.15) is 12.1 Å². The number of aldehydes is 1. The first-order chi connectivity index (χ1) is 10.7. The van der Waals surface area contributed by atoms with Crippen LogP contribution in [0.25, 0.3) is 0 Å². The van der Waals surface area contributed by atoms with Crippen LogP contribution in [0.15, 0.2) is 29.8 Å². The molecule has 0 saturated carbocycles. The Hall–Kier alpha value is -2.28. The van der Waals surface area contributed by atoms with Crippen molar-refractivity contribution in [3.8, 4) is 0 Å². The number of nitrogens with one attached hydrogen (secondary N) is 1. The predicted octanol–water partition coefficient (Wildman–Crippen LogP) is 2.42. The number of benzene rings is 1. The number of hydrogen-bond acceptors (Lipinski definition) is 5. The molecule has 3 rings (SSSR count). The number of carbonyl (C=O) groups excluding carboxylic acids is 2. The lowest BCUT2D eigenvalue weighted by atomic mass is 10.1. The second-order valence-electron chi connectivity index (χ2n) is 5.08. The van der Waals surface area contributed by atoms with E-state index in [0.717, 1.165) is 17.6 Å². The molecular formula is C15H14FN3O2S. The molecule has 0 unspecified atom stereocenters. The fraction of sp³-hybridized carbons (Fsp3) is 0.267. The molecule has 1 aromatic carbocycles. The number of carbonyl (C=O) groups is 2. The first kappa shape index (κ1) is 14.6. The van der Waals surface area contributed by atoms with Gasteiger partial charge in [0, 0.05) is 36.3 Å². The molecule has 1 aromatic heterocycles. The van der Waals surface area contributed by atoms with E-state index >= 15 is 0 Å². The second-order valence-corrected chi connectivity index (χ2v) is 5.97. The van der Waals surface area contributed by atoms with Gasteiger partial charge in [0.2, 0.25) is 0 Å². The Labute approximate surface area is 130 Å². The predicted molar refractivity (Wildman–Crippen MR) is 81.8 cm³/mol. The highest BCUT2D eigenvalue weighted by atomic mass is 32.1. The Kier molecular flexibility index (Phi) is 4.15. The van der Waals surface area contributed by atoms with E-state index in [1.54, 1.807) is 11.1 Å². The van der Waals surface area contributed by atoms with Gasteiger partial charge in [-0.15, -0.1) is 11.3 Å². The molecule has 0 radical (unpaired) electrons. The summed E-state index contributed by atoms with van der Waals surface area (Å²) in [6, 6.07) is 3.91. The summed E-state index contributed by atoms with van der Waals surface area (Å²) in [5.74, 6) is -0.989. The molecule has 1 saturated heterocycles. The first-order valence-electron chi connectivity index (χ1n) is 6.87. The van der Waals surface area contributed by atoms with Crippen LogP contribution in [-0.4, -0.2) is 41.2 Å². The van der Waals surface area contributed by atoms with Crippen molar-refractivity contribution in [2.75, 3.05) is 18.4 Å². The molecule has 1 atom stereocenters. The maximum atomic E-state index is 13.8. The summed E-state index contributed by atoms with van der Waals surface area (Å²) in [6.07, 6.45) is 3.10. The first-order valence-corrected chi connectivity index (χ1v) is 7.75. The lowest BCUT2D eigenvalue weighted by molar-refractivity contribution is 0.0787. The zero-order valence-electron chi connectivity index (χ0n) is 11.7. The van der Waals surface area contributed by atoms with E-state index in [4.69, 9.17) is 0 Å². The quantitative estimate of drug-likeness (QED) is 0.879. The number of thiazole rings is 1. The minimum absolute atomic E-state index is 0.0560. The van der Waals surface area contributed by atoms with Crippen molar-refractivity contribution in [1.82, 2.24) is 9.88 Å². The van der Waals surface area contributed by atoms with Crippen molar-refractivity contribution in [1.29, 1.82) is 0 Å².